The van der Waals surface area contributed by atoms with Gasteiger partial charge in [0.25, 0.3) is 0 Å². The van der Waals surface area contributed by atoms with Gasteiger partial charge in [-0.15, -0.1) is 15.0 Å². The van der Waals surface area contributed by atoms with Gasteiger partial charge in [-0.3, -0.25) is 4.99 Å². The van der Waals surface area contributed by atoms with Gasteiger partial charge >= 0.3 is 0 Å². The van der Waals surface area contributed by atoms with E-state index in [0.29, 0.717) is 33.7 Å². The number of aliphatic hydroxyl groups excluding tert-OH is 1. The molecule has 0 spiro atoms. The van der Waals surface area contributed by atoms with Crippen LogP contribution in [0.25, 0.3) is 16.7 Å². The van der Waals surface area contributed by atoms with E-state index >= 15 is 0 Å². The van der Waals surface area contributed by atoms with Gasteiger partial charge in [0.1, 0.15) is 16.7 Å². The largest absolute Gasteiger partial charge is 0.505 e. The first kappa shape index (κ1) is 18.2. The number of para-hydroxylation sites is 1. The summed E-state index contributed by atoms with van der Waals surface area (Å²) >= 11 is 6.02. The Balaban J connectivity index is 1.81. The number of nitrogens with zero attached hydrogens (tertiary/aromatic N) is 4. The molecular formula is C21H17ClN4O2. The van der Waals surface area contributed by atoms with Gasteiger partial charge < -0.3 is 10.2 Å². The number of aliphatic hydroxyl groups is 1. The quantitative estimate of drug-likeness (QED) is 0.501. The predicted molar refractivity (Wildman–Crippen MR) is 110 cm³/mol. The van der Waals surface area contributed by atoms with Crippen LogP contribution in [0.15, 0.2) is 65.7 Å². The molecule has 0 atom stereocenters. The summed E-state index contributed by atoms with van der Waals surface area (Å²) in [6.07, 6.45) is 2.03. The third kappa shape index (κ3) is 3.74. The van der Waals surface area contributed by atoms with Gasteiger partial charge in [0.05, 0.1) is 5.69 Å². The molecule has 7 heteroatoms. The maximum atomic E-state index is 10.8. The summed E-state index contributed by atoms with van der Waals surface area (Å²) < 4.78 is 0. The summed E-state index contributed by atoms with van der Waals surface area (Å²) in [6.45, 7) is -0.0103. The fourth-order valence-corrected chi connectivity index (χ4v) is 3.05. The molecule has 0 radical (unpaired) electrons. The molecular weight excluding hydrogens is 376 g/mol. The van der Waals surface area contributed by atoms with Crippen molar-refractivity contribution in [2.75, 3.05) is 6.61 Å². The predicted octanol–water partition coefficient (Wildman–Crippen LogP) is 4.06. The molecule has 140 valence electrons. The van der Waals surface area contributed by atoms with Crippen LogP contribution in [0, 0.1) is 0 Å². The number of aromatic hydroxyl groups is 1. The van der Waals surface area contributed by atoms with Crippen LogP contribution in [0.2, 0.25) is 5.02 Å². The molecule has 0 aliphatic carbocycles. The maximum absolute atomic E-state index is 10.8. The van der Waals surface area contributed by atoms with E-state index in [1.54, 1.807) is 36.5 Å². The van der Waals surface area contributed by atoms with Crippen LogP contribution in [0.4, 0.5) is 5.69 Å². The molecule has 1 heterocycles. The van der Waals surface area contributed by atoms with Gasteiger partial charge in [0.15, 0.2) is 5.75 Å². The normalized spacial score (nSPS) is 11.5. The second-order valence-corrected chi connectivity index (χ2v) is 6.68. The Kier molecular flexibility index (Phi) is 5.06. The maximum Gasteiger partial charge on any atom is 0.151 e. The number of hydrogen-bond donors (Lipinski definition) is 2. The van der Waals surface area contributed by atoms with Crippen LogP contribution in [0.5, 0.6) is 5.75 Å². The van der Waals surface area contributed by atoms with Crippen molar-refractivity contribution in [3.05, 3.63) is 76.8 Å². The molecule has 2 N–H and O–H groups in total. The Bertz CT molecular complexity index is 1160. The molecule has 4 aromatic rings. The highest BCUT2D eigenvalue weighted by atomic mass is 35.5. The molecule has 0 amide bonds. The molecule has 4 rings (SSSR count). The Morgan fingerprint density at radius 3 is 2.57 bits per heavy atom. The Hall–Kier alpha value is -3.22. The highest BCUT2D eigenvalue weighted by molar-refractivity contribution is 6.31. The van der Waals surface area contributed by atoms with Crippen molar-refractivity contribution in [1.82, 2.24) is 15.0 Å². The molecule has 0 aliphatic heterocycles. The van der Waals surface area contributed by atoms with Crippen molar-refractivity contribution in [2.45, 2.75) is 6.42 Å². The zero-order chi connectivity index (χ0) is 19.5. The van der Waals surface area contributed by atoms with Gasteiger partial charge in [-0.05, 0) is 54.4 Å². The van der Waals surface area contributed by atoms with Crippen molar-refractivity contribution in [3.8, 4) is 11.4 Å². The van der Waals surface area contributed by atoms with E-state index in [4.69, 9.17) is 11.6 Å². The summed E-state index contributed by atoms with van der Waals surface area (Å²) in [4.78, 5) is 5.78. The smallest absolute Gasteiger partial charge is 0.151 e. The van der Waals surface area contributed by atoms with Gasteiger partial charge in [0.2, 0.25) is 0 Å². The summed E-state index contributed by atoms with van der Waals surface area (Å²) in [5.41, 5.74) is 3.82. The Labute approximate surface area is 166 Å². The Morgan fingerprint density at radius 1 is 1.00 bits per heavy atom. The monoisotopic (exact) mass is 392 g/mol. The third-order valence-electron chi connectivity index (χ3n) is 4.25. The van der Waals surface area contributed by atoms with E-state index < -0.39 is 0 Å². The minimum absolute atomic E-state index is 0.00720. The lowest BCUT2D eigenvalue weighted by molar-refractivity contribution is 0.299. The SMILES string of the molecule is OCCc1cc(C=Nc2ccccc2)c(O)c(-n2nc3ccc(Cl)cc3n2)c1. The molecule has 0 saturated carbocycles. The van der Waals surface area contributed by atoms with Gasteiger partial charge in [-0.2, -0.15) is 0 Å². The van der Waals surface area contributed by atoms with E-state index in [2.05, 4.69) is 15.2 Å². The first-order valence-corrected chi connectivity index (χ1v) is 9.11. The lowest BCUT2D eigenvalue weighted by Crippen LogP contribution is -2.03. The fraction of sp³-hybridized carbons (Fsp3) is 0.0952. The highest BCUT2D eigenvalue weighted by Crippen LogP contribution is 2.28. The van der Waals surface area contributed by atoms with Crippen molar-refractivity contribution in [2.24, 2.45) is 4.99 Å². The zero-order valence-corrected chi connectivity index (χ0v) is 15.6. The van der Waals surface area contributed by atoms with Crippen LogP contribution < -0.4 is 0 Å². The molecule has 0 fully saturated rings. The minimum Gasteiger partial charge on any atom is -0.505 e. The van der Waals surface area contributed by atoms with Crippen LogP contribution in [0.3, 0.4) is 0 Å². The number of benzene rings is 3. The summed E-state index contributed by atoms with van der Waals surface area (Å²) in [6, 6.07) is 18.2. The molecule has 1 aromatic heterocycles. The van der Waals surface area contributed by atoms with Gasteiger partial charge in [-0.1, -0.05) is 29.8 Å². The van der Waals surface area contributed by atoms with E-state index in [1.165, 1.54) is 4.80 Å². The number of hydrogen-bond acceptors (Lipinski definition) is 5. The first-order valence-electron chi connectivity index (χ1n) is 8.73. The number of halogens is 1. The molecule has 28 heavy (non-hydrogen) atoms. The highest BCUT2D eigenvalue weighted by Gasteiger charge is 2.14. The minimum atomic E-state index is -0.0103. The van der Waals surface area contributed by atoms with Crippen LogP contribution in [-0.2, 0) is 6.42 Å². The lowest BCUT2D eigenvalue weighted by atomic mass is 10.1. The van der Waals surface area contributed by atoms with Crippen LogP contribution >= 0.6 is 11.6 Å². The van der Waals surface area contributed by atoms with Crippen molar-refractivity contribution in [3.63, 3.8) is 0 Å². The molecule has 3 aromatic carbocycles. The second kappa shape index (κ2) is 7.80. The number of rotatable bonds is 5. The summed E-state index contributed by atoms with van der Waals surface area (Å²) in [7, 11) is 0. The van der Waals surface area contributed by atoms with E-state index in [0.717, 1.165) is 11.3 Å². The molecule has 6 nitrogen and oxygen atoms in total. The second-order valence-electron chi connectivity index (χ2n) is 6.24. The average Bonchev–Trinajstić information content (AvgIpc) is 3.12. The van der Waals surface area contributed by atoms with Gasteiger partial charge in [0, 0.05) is 23.4 Å². The van der Waals surface area contributed by atoms with Crippen LogP contribution in [-0.4, -0.2) is 38.0 Å². The van der Waals surface area contributed by atoms with E-state index in [-0.39, 0.29) is 12.4 Å². The van der Waals surface area contributed by atoms with Crippen LogP contribution in [0.1, 0.15) is 11.1 Å². The van der Waals surface area contributed by atoms with Gasteiger partial charge in [-0.25, -0.2) is 0 Å². The fourth-order valence-electron chi connectivity index (χ4n) is 2.88. The molecule has 0 bridgehead atoms. The van der Waals surface area contributed by atoms with Crippen molar-refractivity contribution < 1.29 is 10.2 Å². The number of fused-ring (bicyclic) bond motifs is 1. The molecule has 0 unspecified atom stereocenters. The van der Waals surface area contributed by atoms with Crippen molar-refractivity contribution in [1.29, 1.82) is 0 Å². The summed E-state index contributed by atoms with van der Waals surface area (Å²) in [5, 5.41) is 29.6. The topological polar surface area (TPSA) is 83.5 Å². The van der Waals surface area contributed by atoms with Crippen molar-refractivity contribution >= 4 is 34.5 Å². The van der Waals surface area contributed by atoms with E-state index in [1.807, 2.05) is 30.3 Å². The zero-order valence-electron chi connectivity index (χ0n) is 14.8. The number of phenolic OH excluding ortho intramolecular Hbond substituents is 1. The lowest BCUT2D eigenvalue weighted by Gasteiger charge is -2.09. The standard InChI is InChI=1S/C21H17ClN4O2/c22-16-6-7-18-19(12-16)25-26(24-18)20-11-14(8-9-27)10-15(21(20)28)13-23-17-4-2-1-3-5-17/h1-7,10-13,27-28H,8-9H2. The van der Waals surface area contributed by atoms with E-state index in [9.17, 15) is 10.2 Å². The third-order valence-corrected chi connectivity index (χ3v) is 4.48. The molecule has 0 saturated heterocycles. The first-order chi connectivity index (χ1) is 13.6. The molecule has 0 aliphatic rings. The number of aromatic nitrogens is 3. The Morgan fingerprint density at radius 2 is 1.79 bits per heavy atom. The average molecular weight is 393 g/mol. The summed E-state index contributed by atoms with van der Waals surface area (Å²) in [5.74, 6) is 0.00720. The number of phenols is 1. The number of aliphatic imine (C=N–C) groups is 1.